The number of nitrogens with zero attached hydrogens (tertiary/aromatic N) is 2. The van der Waals surface area contributed by atoms with Crippen LogP contribution in [-0.2, 0) is 6.54 Å². The molecule has 1 aromatic carbocycles. The molecule has 100 valence electrons. The molecule has 0 saturated carbocycles. The van der Waals surface area contributed by atoms with Crippen LogP contribution >= 0.6 is 0 Å². The summed E-state index contributed by atoms with van der Waals surface area (Å²) < 4.78 is 0. The van der Waals surface area contributed by atoms with E-state index in [1.807, 2.05) is 31.2 Å². The Bertz CT molecular complexity index is 612. The first-order chi connectivity index (χ1) is 9.70. The van der Waals surface area contributed by atoms with Gasteiger partial charge in [-0.25, -0.2) is 0 Å². The predicted octanol–water partition coefficient (Wildman–Crippen LogP) is 2.67. The highest BCUT2D eigenvalue weighted by Crippen LogP contribution is 2.09. The molecule has 0 aliphatic heterocycles. The summed E-state index contributed by atoms with van der Waals surface area (Å²) in [4.78, 5) is 18.1. The molecule has 2 rings (SSSR count). The minimum Gasteiger partial charge on any atom is -0.322 e. The largest absolute Gasteiger partial charge is 0.322 e. The third-order valence-corrected chi connectivity index (χ3v) is 2.95. The highest BCUT2D eigenvalue weighted by Gasteiger charge is 2.16. The van der Waals surface area contributed by atoms with Crippen LogP contribution in [0.4, 0.5) is 0 Å². The van der Waals surface area contributed by atoms with E-state index in [2.05, 4.69) is 10.9 Å². The van der Waals surface area contributed by atoms with Crippen LogP contribution in [0.2, 0.25) is 0 Å². The number of terminal acetylenes is 1. The molecule has 20 heavy (non-hydrogen) atoms. The van der Waals surface area contributed by atoms with Crippen molar-refractivity contribution in [1.29, 1.82) is 0 Å². The Morgan fingerprint density at radius 3 is 2.60 bits per heavy atom. The van der Waals surface area contributed by atoms with Crippen molar-refractivity contribution in [1.82, 2.24) is 9.88 Å². The normalized spacial score (nSPS) is 9.80. The highest BCUT2D eigenvalue weighted by atomic mass is 16.2. The first-order valence-electron chi connectivity index (χ1n) is 6.40. The van der Waals surface area contributed by atoms with Gasteiger partial charge in [-0.3, -0.25) is 9.78 Å². The molecule has 1 amide bonds. The monoisotopic (exact) mass is 264 g/mol. The van der Waals surface area contributed by atoms with Crippen LogP contribution < -0.4 is 0 Å². The quantitative estimate of drug-likeness (QED) is 0.795. The number of hydrogen-bond acceptors (Lipinski definition) is 2. The molecule has 0 spiro atoms. The van der Waals surface area contributed by atoms with Crippen molar-refractivity contribution in [3.05, 3.63) is 65.5 Å². The van der Waals surface area contributed by atoms with Gasteiger partial charge >= 0.3 is 0 Å². The van der Waals surface area contributed by atoms with Gasteiger partial charge in [0, 0.05) is 12.7 Å². The van der Waals surface area contributed by atoms with Gasteiger partial charge in [-0.1, -0.05) is 41.8 Å². The molecule has 0 atom stereocenters. The molecule has 0 N–H and O–H groups in total. The summed E-state index contributed by atoms with van der Waals surface area (Å²) in [7, 11) is 0. The van der Waals surface area contributed by atoms with Crippen molar-refractivity contribution in [2.45, 2.75) is 13.5 Å². The number of rotatable bonds is 4. The lowest BCUT2D eigenvalue weighted by Gasteiger charge is -2.20. The fourth-order valence-corrected chi connectivity index (χ4v) is 1.87. The molecule has 0 saturated heterocycles. The van der Waals surface area contributed by atoms with Gasteiger partial charge in [0.15, 0.2) is 0 Å². The average molecular weight is 264 g/mol. The van der Waals surface area contributed by atoms with E-state index in [0.717, 1.165) is 5.56 Å². The van der Waals surface area contributed by atoms with Gasteiger partial charge in [-0.05, 0) is 24.6 Å². The molecule has 0 bridgehead atoms. The maximum atomic E-state index is 12.4. The fourth-order valence-electron chi connectivity index (χ4n) is 1.87. The van der Waals surface area contributed by atoms with E-state index < -0.39 is 0 Å². The van der Waals surface area contributed by atoms with Gasteiger partial charge in [0.05, 0.1) is 6.54 Å². The summed E-state index contributed by atoms with van der Waals surface area (Å²) in [6.45, 7) is 2.78. The molecular weight excluding hydrogens is 248 g/mol. The maximum Gasteiger partial charge on any atom is 0.273 e. The molecular formula is C17H16N2O. The van der Waals surface area contributed by atoms with E-state index in [-0.39, 0.29) is 12.5 Å². The molecule has 0 fully saturated rings. The van der Waals surface area contributed by atoms with Crippen LogP contribution in [0, 0.1) is 19.3 Å². The number of aryl methyl sites for hydroxylation is 1. The first kappa shape index (κ1) is 13.8. The zero-order valence-corrected chi connectivity index (χ0v) is 11.4. The minimum absolute atomic E-state index is 0.149. The smallest absolute Gasteiger partial charge is 0.273 e. The Morgan fingerprint density at radius 1 is 1.25 bits per heavy atom. The van der Waals surface area contributed by atoms with Gasteiger partial charge in [-0.2, -0.15) is 0 Å². The number of aromatic nitrogens is 1. The summed E-state index contributed by atoms with van der Waals surface area (Å²) in [5.41, 5.74) is 2.65. The van der Waals surface area contributed by atoms with E-state index in [1.54, 1.807) is 29.3 Å². The zero-order valence-electron chi connectivity index (χ0n) is 11.4. The number of amides is 1. The molecule has 0 aliphatic carbocycles. The Labute approximate surface area is 119 Å². The van der Waals surface area contributed by atoms with Crippen molar-refractivity contribution in [2.75, 3.05) is 6.54 Å². The van der Waals surface area contributed by atoms with Crippen LogP contribution in [0.25, 0.3) is 0 Å². The lowest BCUT2D eigenvalue weighted by Crippen LogP contribution is -2.31. The number of carbonyl (C=O) groups is 1. The summed E-state index contributed by atoms with van der Waals surface area (Å²) in [5, 5.41) is 0. The van der Waals surface area contributed by atoms with E-state index >= 15 is 0 Å². The molecule has 1 heterocycles. The Morgan fingerprint density at radius 2 is 2.00 bits per heavy atom. The van der Waals surface area contributed by atoms with Gasteiger partial charge in [0.25, 0.3) is 5.91 Å². The molecule has 2 aromatic rings. The molecule has 3 heteroatoms. The Balaban J connectivity index is 2.17. The zero-order chi connectivity index (χ0) is 14.4. The molecule has 3 nitrogen and oxygen atoms in total. The number of hydrogen-bond donors (Lipinski definition) is 0. The van der Waals surface area contributed by atoms with E-state index in [4.69, 9.17) is 6.42 Å². The van der Waals surface area contributed by atoms with Crippen molar-refractivity contribution in [2.24, 2.45) is 0 Å². The van der Waals surface area contributed by atoms with E-state index in [0.29, 0.717) is 12.2 Å². The summed E-state index contributed by atoms with van der Waals surface area (Å²) in [6.07, 6.45) is 6.96. The topological polar surface area (TPSA) is 33.2 Å². The SMILES string of the molecule is C#CCN(Cc1ccc(C)cc1)C(=O)c1ccccn1. The standard InChI is InChI=1S/C17H16N2O/c1-3-12-19(13-15-9-7-14(2)8-10-15)17(20)16-6-4-5-11-18-16/h1,4-11H,12-13H2,2H3. The molecule has 0 aliphatic rings. The Kier molecular flexibility index (Phi) is 4.52. The first-order valence-corrected chi connectivity index (χ1v) is 6.40. The van der Waals surface area contributed by atoms with E-state index in [1.165, 1.54) is 5.56 Å². The van der Waals surface area contributed by atoms with Gasteiger partial charge in [0.2, 0.25) is 0 Å². The number of pyridine rings is 1. The van der Waals surface area contributed by atoms with Crippen LogP contribution in [0.15, 0.2) is 48.7 Å². The van der Waals surface area contributed by atoms with Crippen molar-refractivity contribution in [3.8, 4) is 12.3 Å². The minimum atomic E-state index is -0.149. The lowest BCUT2D eigenvalue weighted by atomic mass is 10.1. The van der Waals surface area contributed by atoms with Crippen LogP contribution in [0.3, 0.4) is 0 Å². The maximum absolute atomic E-state index is 12.4. The second kappa shape index (κ2) is 6.53. The van der Waals surface area contributed by atoms with Crippen LogP contribution in [0.1, 0.15) is 21.6 Å². The third kappa shape index (κ3) is 3.46. The fraction of sp³-hybridized carbons (Fsp3) is 0.176. The van der Waals surface area contributed by atoms with Crippen LogP contribution in [-0.4, -0.2) is 22.3 Å². The van der Waals surface area contributed by atoms with Crippen molar-refractivity contribution >= 4 is 5.91 Å². The van der Waals surface area contributed by atoms with E-state index in [9.17, 15) is 4.79 Å². The average Bonchev–Trinajstić information content (AvgIpc) is 2.49. The number of carbonyl (C=O) groups excluding carboxylic acids is 1. The lowest BCUT2D eigenvalue weighted by molar-refractivity contribution is 0.0760. The molecule has 1 aromatic heterocycles. The third-order valence-electron chi connectivity index (χ3n) is 2.95. The number of benzene rings is 1. The summed E-state index contributed by atoms with van der Waals surface area (Å²) in [6, 6.07) is 13.3. The molecule has 0 unspecified atom stereocenters. The summed E-state index contributed by atoms with van der Waals surface area (Å²) >= 11 is 0. The predicted molar refractivity (Wildman–Crippen MR) is 79.0 cm³/mol. The Hall–Kier alpha value is -2.60. The summed E-state index contributed by atoms with van der Waals surface area (Å²) in [5.74, 6) is 2.38. The molecule has 0 radical (unpaired) electrons. The van der Waals surface area contributed by atoms with Crippen LogP contribution in [0.5, 0.6) is 0 Å². The van der Waals surface area contributed by atoms with Gasteiger partial charge < -0.3 is 4.90 Å². The van der Waals surface area contributed by atoms with Gasteiger partial charge in [-0.15, -0.1) is 6.42 Å². The van der Waals surface area contributed by atoms with Crippen molar-refractivity contribution < 1.29 is 4.79 Å². The van der Waals surface area contributed by atoms with Crippen molar-refractivity contribution in [3.63, 3.8) is 0 Å². The van der Waals surface area contributed by atoms with Gasteiger partial charge in [0.1, 0.15) is 5.69 Å². The second-order valence-electron chi connectivity index (χ2n) is 4.57. The second-order valence-corrected chi connectivity index (χ2v) is 4.57. The highest BCUT2D eigenvalue weighted by molar-refractivity contribution is 5.92.